The molecule has 0 bridgehead atoms. The lowest BCUT2D eigenvalue weighted by atomic mass is 10.1. The first-order chi connectivity index (χ1) is 10.9. The lowest BCUT2D eigenvalue weighted by molar-refractivity contribution is -0.139. The van der Waals surface area contributed by atoms with E-state index in [1.165, 1.54) is 7.05 Å². The van der Waals surface area contributed by atoms with Gasteiger partial charge in [-0.1, -0.05) is 12.1 Å². The van der Waals surface area contributed by atoms with Crippen molar-refractivity contribution in [3.8, 4) is 5.75 Å². The van der Waals surface area contributed by atoms with Crippen LogP contribution in [-0.2, 0) is 16.0 Å². The third-order valence-electron chi connectivity index (χ3n) is 3.08. The van der Waals surface area contributed by atoms with E-state index >= 15 is 0 Å². The van der Waals surface area contributed by atoms with Crippen LogP contribution in [0.25, 0.3) is 6.08 Å². The zero-order chi connectivity index (χ0) is 17.0. The second-order valence-corrected chi connectivity index (χ2v) is 5.78. The summed E-state index contributed by atoms with van der Waals surface area (Å²) in [5.41, 5.74) is 1.48. The number of carbonyl (C=O) groups is 3. The van der Waals surface area contributed by atoms with Crippen molar-refractivity contribution in [2.24, 2.45) is 0 Å². The van der Waals surface area contributed by atoms with Gasteiger partial charge in [-0.2, -0.15) is 0 Å². The Labute approximate surface area is 137 Å². The monoisotopic (exact) mass is 333 g/mol. The second kappa shape index (κ2) is 7.15. The van der Waals surface area contributed by atoms with Crippen LogP contribution in [0.1, 0.15) is 11.1 Å². The number of amides is 2. The van der Waals surface area contributed by atoms with E-state index in [2.05, 4.69) is 6.58 Å². The number of rotatable bonds is 6. The fourth-order valence-electron chi connectivity index (χ4n) is 1.98. The van der Waals surface area contributed by atoms with Crippen molar-refractivity contribution in [3.05, 3.63) is 46.9 Å². The van der Waals surface area contributed by atoms with E-state index in [-0.39, 0.29) is 11.1 Å². The summed E-state index contributed by atoms with van der Waals surface area (Å²) in [6.45, 7) is 3.23. The van der Waals surface area contributed by atoms with E-state index < -0.39 is 12.6 Å². The summed E-state index contributed by atoms with van der Waals surface area (Å²) in [5, 5.41) is 8.38. The number of hydrogen-bond donors (Lipinski definition) is 1. The number of carbonyl (C=O) groups excluding carboxylic acids is 2. The predicted octanol–water partition coefficient (Wildman–Crippen LogP) is 2.54. The average molecular weight is 333 g/mol. The standard InChI is InChI=1S/C16H15NO5S/c1-3-4-11-7-10(5-6-12(11)22-9-14(18)19)8-13-15(20)17(2)16(21)23-13/h3,5-8H,1,4,9H2,2H3,(H,18,19)/b13-8-. The van der Waals surface area contributed by atoms with E-state index in [4.69, 9.17) is 9.84 Å². The van der Waals surface area contributed by atoms with Crippen LogP contribution in [0.4, 0.5) is 4.79 Å². The van der Waals surface area contributed by atoms with Crippen LogP contribution in [0, 0.1) is 0 Å². The number of carboxylic acid groups (broad SMARTS) is 1. The zero-order valence-corrected chi connectivity index (χ0v) is 13.3. The van der Waals surface area contributed by atoms with Crippen molar-refractivity contribution in [1.29, 1.82) is 0 Å². The van der Waals surface area contributed by atoms with Crippen LogP contribution in [0.5, 0.6) is 5.75 Å². The molecule has 1 N–H and O–H groups in total. The number of carboxylic acids is 1. The molecule has 7 heteroatoms. The summed E-state index contributed by atoms with van der Waals surface area (Å²) >= 11 is 0.884. The van der Waals surface area contributed by atoms with Crippen molar-refractivity contribution < 1.29 is 24.2 Å². The highest BCUT2D eigenvalue weighted by Crippen LogP contribution is 2.32. The van der Waals surface area contributed by atoms with Gasteiger partial charge in [0.2, 0.25) is 0 Å². The van der Waals surface area contributed by atoms with Gasteiger partial charge in [0, 0.05) is 7.05 Å². The number of benzene rings is 1. The molecule has 1 saturated heterocycles. The Morgan fingerprint density at radius 1 is 1.43 bits per heavy atom. The highest BCUT2D eigenvalue weighted by molar-refractivity contribution is 8.18. The number of imide groups is 1. The number of likely N-dealkylation sites (N-methyl/N-ethyl adjacent to an activating group) is 1. The largest absolute Gasteiger partial charge is 0.482 e. The molecule has 1 fully saturated rings. The summed E-state index contributed by atoms with van der Waals surface area (Å²) in [7, 11) is 1.44. The lowest BCUT2D eigenvalue weighted by Crippen LogP contribution is -2.22. The molecule has 120 valence electrons. The van der Waals surface area contributed by atoms with E-state index in [0.717, 1.165) is 27.8 Å². The Balaban J connectivity index is 2.28. The van der Waals surface area contributed by atoms with E-state index in [9.17, 15) is 14.4 Å². The van der Waals surface area contributed by atoms with Crippen LogP contribution in [-0.4, -0.2) is 40.8 Å². The van der Waals surface area contributed by atoms with Gasteiger partial charge < -0.3 is 9.84 Å². The fourth-order valence-corrected chi connectivity index (χ4v) is 2.81. The zero-order valence-electron chi connectivity index (χ0n) is 12.4. The molecule has 0 aliphatic carbocycles. The van der Waals surface area contributed by atoms with Crippen molar-refractivity contribution in [2.45, 2.75) is 6.42 Å². The van der Waals surface area contributed by atoms with Gasteiger partial charge in [0.1, 0.15) is 5.75 Å². The number of aliphatic carboxylic acids is 1. The third-order valence-corrected chi connectivity index (χ3v) is 4.05. The predicted molar refractivity (Wildman–Crippen MR) is 87.2 cm³/mol. The molecule has 0 radical (unpaired) electrons. The van der Waals surface area contributed by atoms with Gasteiger partial charge >= 0.3 is 5.97 Å². The SMILES string of the molecule is C=CCc1cc(/C=C2\SC(=O)N(C)C2=O)ccc1OCC(=O)O. The van der Waals surface area contributed by atoms with Gasteiger partial charge in [-0.05, 0) is 47.5 Å². The highest BCUT2D eigenvalue weighted by Gasteiger charge is 2.31. The van der Waals surface area contributed by atoms with Gasteiger partial charge in [-0.15, -0.1) is 6.58 Å². The number of ether oxygens (including phenoxy) is 1. The molecule has 2 rings (SSSR count). The molecule has 1 aliphatic heterocycles. The normalized spacial score (nSPS) is 16.0. The smallest absolute Gasteiger partial charge is 0.341 e. The number of hydrogen-bond acceptors (Lipinski definition) is 5. The topological polar surface area (TPSA) is 83.9 Å². The molecule has 0 atom stereocenters. The highest BCUT2D eigenvalue weighted by atomic mass is 32.2. The Morgan fingerprint density at radius 2 is 2.17 bits per heavy atom. The average Bonchev–Trinajstić information content (AvgIpc) is 2.74. The number of allylic oxidation sites excluding steroid dienone is 1. The minimum atomic E-state index is -1.06. The fraction of sp³-hybridized carbons (Fsp3) is 0.188. The van der Waals surface area contributed by atoms with E-state index in [1.54, 1.807) is 30.4 Å². The summed E-state index contributed by atoms with van der Waals surface area (Å²) in [6, 6.07) is 5.12. The lowest BCUT2D eigenvalue weighted by Gasteiger charge is -2.10. The molecule has 1 heterocycles. The first-order valence-corrected chi connectivity index (χ1v) is 7.54. The van der Waals surface area contributed by atoms with E-state index in [1.807, 2.05) is 0 Å². The molecule has 0 saturated carbocycles. The van der Waals surface area contributed by atoms with Crippen molar-refractivity contribution in [1.82, 2.24) is 4.90 Å². The Morgan fingerprint density at radius 3 is 2.74 bits per heavy atom. The maximum Gasteiger partial charge on any atom is 0.341 e. The van der Waals surface area contributed by atoms with Gasteiger partial charge in [-0.3, -0.25) is 14.5 Å². The van der Waals surface area contributed by atoms with Crippen LogP contribution < -0.4 is 4.74 Å². The molecule has 2 amide bonds. The molecule has 1 aromatic carbocycles. The summed E-state index contributed by atoms with van der Waals surface area (Å²) < 4.78 is 5.23. The third kappa shape index (κ3) is 4.01. The van der Waals surface area contributed by atoms with E-state index in [0.29, 0.717) is 17.1 Å². The van der Waals surface area contributed by atoms with Crippen molar-refractivity contribution >= 4 is 35.0 Å². The van der Waals surface area contributed by atoms with Gasteiger partial charge in [-0.25, -0.2) is 4.79 Å². The molecule has 1 aliphatic rings. The van der Waals surface area contributed by atoms with Crippen LogP contribution in [0.2, 0.25) is 0 Å². The minimum Gasteiger partial charge on any atom is -0.482 e. The Hall–Kier alpha value is -2.54. The number of nitrogens with zero attached hydrogens (tertiary/aromatic N) is 1. The van der Waals surface area contributed by atoms with Crippen molar-refractivity contribution in [2.75, 3.05) is 13.7 Å². The molecule has 1 aromatic rings. The molecule has 23 heavy (non-hydrogen) atoms. The Kier molecular flexibility index (Phi) is 5.23. The first kappa shape index (κ1) is 16.8. The first-order valence-electron chi connectivity index (χ1n) is 6.72. The summed E-state index contributed by atoms with van der Waals surface area (Å²) in [5.74, 6) is -0.945. The molecular weight excluding hydrogens is 318 g/mol. The Bertz CT molecular complexity index is 710. The maximum atomic E-state index is 11.9. The molecule has 0 spiro atoms. The molecular formula is C16H15NO5S. The summed E-state index contributed by atoms with van der Waals surface area (Å²) in [4.78, 5) is 35.4. The van der Waals surface area contributed by atoms with Gasteiger partial charge in [0.15, 0.2) is 6.61 Å². The second-order valence-electron chi connectivity index (χ2n) is 4.78. The summed E-state index contributed by atoms with van der Waals surface area (Å²) in [6.07, 6.45) is 3.79. The number of thioether (sulfide) groups is 1. The van der Waals surface area contributed by atoms with Crippen LogP contribution >= 0.6 is 11.8 Å². The van der Waals surface area contributed by atoms with Gasteiger partial charge in [0.05, 0.1) is 4.91 Å². The molecule has 0 aromatic heterocycles. The maximum absolute atomic E-state index is 11.9. The minimum absolute atomic E-state index is 0.311. The molecule has 6 nitrogen and oxygen atoms in total. The van der Waals surface area contributed by atoms with Crippen molar-refractivity contribution in [3.63, 3.8) is 0 Å². The van der Waals surface area contributed by atoms with Gasteiger partial charge in [0.25, 0.3) is 11.1 Å². The quantitative estimate of drug-likeness (QED) is 0.636. The van der Waals surface area contributed by atoms with Crippen LogP contribution in [0.15, 0.2) is 35.8 Å². The molecule has 0 unspecified atom stereocenters. The van der Waals surface area contributed by atoms with Crippen LogP contribution in [0.3, 0.4) is 0 Å².